The monoisotopic (exact) mass is 874 g/mol. The number of aliphatic hydroxyl groups excluding tert-OH is 7. The molecule has 0 aromatic heterocycles. The fourth-order valence-corrected chi connectivity index (χ4v) is 6.94. The smallest absolute Gasteiger partial charge is 0.547 e. The van der Waals surface area contributed by atoms with Crippen molar-refractivity contribution in [2.24, 2.45) is 5.92 Å². The SMILES string of the molecule is C.CC(=O)NC1[C@H](O[C@@H]2C(C(=O)[O-])O[C@@H](O[C@@H]3C(NC(C)=O)[C@H](C)OC(CO)[C@H]3O)C(O)[C@H]2O)OC(COC(C)=O)[C@@H](O)[C@@H]1O[C@@H]1OC(C(=O)[O-])[C@@H](C)[C@H](O)C1O.[Na+].[Na+]. The second-order valence-corrected chi connectivity index (χ2v) is 14.0. The number of aliphatic carboxylic acids is 2. The molecule has 0 bridgehead atoms. The maximum Gasteiger partial charge on any atom is 1.00 e. The van der Waals surface area contributed by atoms with E-state index in [4.69, 9.17) is 37.9 Å². The summed E-state index contributed by atoms with van der Waals surface area (Å²) in [6, 6.07) is -2.93. The maximum atomic E-state index is 12.5. The van der Waals surface area contributed by atoms with Crippen LogP contribution in [0.25, 0.3) is 0 Å². The molecule has 26 heteroatoms. The van der Waals surface area contributed by atoms with Crippen molar-refractivity contribution in [2.45, 2.75) is 158 Å². The Labute approximate surface area is 382 Å². The summed E-state index contributed by atoms with van der Waals surface area (Å²) >= 11 is 0. The number of ether oxygens (including phenoxy) is 8. The number of esters is 1. The third-order valence-electron chi connectivity index (χ3n) is 9.82. The molecule has 59 heavy (non-hydrogen) atoms. The first-order valence-electron chi connectivity index (χ1n) is 17.5. The number of carbonyl (C=O) groups is 5. The number of aliphatic hydroxyl groups is 7. The standard InChI is InChI=1S/C32H50N2O22.CH4.2Na/c1-8-17(39)21(43)31(52-23(8)28(45)46)54-25-16(34-11(4)37)30(51-14(19(25)41)7-49-12(5)38)55-26-20(42)22(44)32(56-27(26)29(47)48)53-24-15(33-10(3)36)9(2)50-13(6-35)18(24)40;;;/h8-9,13-27,30-32,35,39-44H,6-7H2,1-5H3,(H,33,36)(H,34,37)(H,45,46)(H,47,48);1H4;;/q;;2*+1/p-2/t8-,9-,13?,14?,15?,16?,17-,18+,19+,20+,21?,22?,23?,24+,25+,26-,27?,30-,31-,32+;;;/m0.../s1. The molecule has 328 valence electrons. The first kappa shape index (κ1) is 55.8. The van der Waals surface area contributed by atoms with Crippen molar-refractivity contribution in [3.63, 3.8) is 0 Å². The first-order valence-corrected chi connectivity index (χ1v) is 17.5. The van der Waals surface area contributed by atoms with E-state index >= 15 is 0 Å². The van der Waals surface area contributed by atoms with Crippen LogP contribution in [0.1, 0.15) is 42.0 Å². The molecule has 0 aromatic carbocycles. The van der Waals surface area contributed by atoms with Crippen LogP contribution in [-0.4, -0.2) is 195 Å². The zero-order valence-corrected chi connectivity index (χ0v) is 36.7. The summed E-state index contributed by atoms with van der Waals surface area (Å²) in [5, 5.41) is 105. The van der Waals surface area contributed by atoms with Gasteiger partial charge in [0.15, 0.2) is 18.9 Å². The molecule has 2 amide bonds. The molecule has 4 fully saturated rings. The Kier molecular flexibility index (Phi) is 22.7. The normalized spacial score (nSPS) is 42.0. The van der Waals surface area contributed by atoms with E-state index in [1.165, 1.54) is 13.8 Å². The molecular weight excluding hydrogens is 822 g/mol. The predicted octanol–water partition coefficient (Wildman–Crippen LogP) is -14.4. The minimum Gasteiger partial charge on any atom is -0.547 e. The number of rotatable bonds is 13. The number of carbonyl (C=O) groups excluding carboxylic acids is 5. The average Bonchev–Trinajstić information content (AvgIpc) is 3.11. The van der Waals surface area contributed by atoms with Crippen LogP contribution in [-0.2, 0) is 61.9 Å². The summed E-state index contributed by atoms with van der Waals surface area (Å²) in [5.74, 6) is -7.40. The summed E-state index contributed by atoms with van der Waals surface area (Å²) in [4.78, 5) is 60.4. The Morgan fingerprint density at radius 3 is 1.54 bits per heavy atom. The van der Waals surface area contributed by atoms with Crippen molar-refractivity contribution in [1.29, 1.82) is 0 Å². The fraction of sp³-hybridized carbons (Fsp3) is 0.848. The van der Waals surface area contributed by atoms with Crippen molar-refractivity contribution in [1.82, 2.24) is 10.6 Å². The van der Waals surface area contributed by atoms with Crippen LogP contribution < -0.4 is 80.0 Å². The minimum absolute atomic E-state index is 0. The Balaban J connectivity index is 0.00000580. The molecule has 4 aliphatic rings. The Morgan fingerprint density at radius 2 is 1.05 bits per heavy atom. The Morgan fingerprint density at radius 1 is 0.593 bits per heavy atom. The van der Waals surface area contributed by atoms with Gasteiger partial charge in [0.1, 0.15) is 85.9 Å². The summed E-state index contributed by atoms with van der Waals surface area (Å²) < 4.78 is 44.4. The summed E-state index contributed by atoms with van der Waals surface area (Å²) in [7, 11) is 0. The van der Waals surface area contributed by atoms with Crippen LogP contribution in [0.15, 0.2) is 0 Å². The zero-order valence-electron chi connectivity index (χ0n) is 32.7. The van der Waals surface area contributed by atoms with E-state index in [-0.39, 0.29) is 66.5 Å². The summed E-state index contributed by atoms with van der Waals surface area (Å²) in [6.07, 6.45) is -31.7. The molecular formula is C33H52N2Na2O22. The number of nitrogens with one attached hydrogen (secondary N) is 2. The number of carboxylic acids is 2. The van der Waals surface area contributed by atoms with Gasteiger partial charge in [-0.3, -0.25) is 14.4 Å². The van der Waals surface area contributed by atoms with Gasteiger partial charge in [-0.2, -0.15) is 0 Å². The largest absolute Gasteiger partial charge is 1.00 e. The van der Waals surface area contributed by atoms with Crippen molar-refractivity contribution in [3.05, 3.63) is 0 Å². The van der Waals surface area contributed by atoms with Crippen LogP contribution in [0.3, 0.4) is 0 Å². The molecule has 0 spiro atoms. The molecule has 0 aliphatic carbocycles. The maximum absolute atomic E-state index is 12.5. The fourth-order valence-electron chi connectivity index (χ4n) is 6.94. The van der Waals surface area contributed by atoms with Gasteiger partial charge in [-0.25, -0.2) is 0 Å². The van der Waals surface area contributed by atoms with Gasteiger partial charge in [0, 0.05) is 26.7 Å². The summed E-state index contributed by atoms with van der Waals surface area (Å²) in [5.41, 5.74) is 0. The number of amides is 2. The molecule has 4 rings (SSSR count). The zero-order chi connectivity index (χ0) is 41.9. The van der Waals surface area contributed by atoms with E-state index in [9.17, 15) is 69.9 Å². The van der Waals surface area contributed by atoms with E-state index in [1.54, 1.807) is 0 Å². The van der Waals surface area contributed by atoms with Crippen molar-refractivity contribution in [2.75, 3.05) is 13.2 Å². The van der Waals surface area contributed by atoms with E-state index in [2.05, 4.69) is 10.6 Å². The van der Waals surface area contributed by atoms with Crippen LogP contribution in [0, 0.1) is 5.92 Å². The molecule has 4 aliphatic heterocycles. The van der Waals surface area contributed by atoms with E-state index in [0.29, 0.717) is 0 Å². The van der Waals surface area contributed by atoms with Gasteiger partial charge in [-0.05, 0) is 6.92 Å². The van der Waals surface area contributed by atoms with Crippen LogP contribution in [0.2, 0.25) is 0 Å². The Bertz CT molecular complexity index is 1420. The van der Waals surface area contributed by atoms with Gasteiger partial charge >= 0.3 is 65.1 Å². The number of hydrogen-bond donors (Lipinski definition) is 9. The molecule has 0 aromatic rings. The molecule has 4 heterocycles. The topological polar surface area (TPSA) is 371 Å². The molecule has 0 saturated carbocycles. The van der Waals surface area contributed by atoms with Crippen LogP contribution in [0.4, 0.5) is 0 Å². The molecule has 24 nitrogen and oxygen atoms in total. The quantitative estimate of drug-likeness (QED) is 0.0613. The number of hydrogen-bond acceptors (Lipinski definition) is 22. The molecule has 4 saturated heterocycles. The van der Waals surface area contributed by atoms with E-state index in [1.807, 2.05) is 0 Å². The van der Waals surface area contributed by atoms with Gasteiger partial charge in [-0.15, -0.1) is 0 Å². The average molecular weight is 875 g/mol. The minimum atomic E-state index is -2.36. The molecule has 20 atom stereocenters. The van der Waals surface area contributed by atoms with Gasteiger partial charge in [0.2, 0.25) is 11.8 Å². The first-order chi connectivity index (χ1) is 26.2. The van der Waals surface area contributed by atoms with Crippen molar-refractivity contribution >= 4 is 29.7 Å². The predicted molar refractivity (Wildman–Crippen MR) is 176 cm³/mol. The van der Waals surface area contributed by atoms with E-state index < -0.39 is 165 Å². The van der Waals surface area contributed by atoms with Gasteiger partial charge in [0.25, 0.3) is 0 Å². The van der Waals surface area contributed by atoms with Gasteiger partial charge in [-0.1, -0.05) is 14.4 Å². The molecule has 0 radical (unpaired) electrons. The summed E-state index contributed by atoms with van der Waals surface area (Å²) in [6.45, 7) is 4.38. The second kappa shape index (κ2) is 24.0. The number of carboxylic acid groups (broad SMARTS) is 2. The van der Waals surface area contributed by atoms with Crippen molar-refractivity contribution in [3.8, 4) is 0 Å². The molecule has 8 unspecified atom stereocenters. The van der Waals surface area contributed by atoms with E-state index in [0.717, 1.165) is 20.8 Å². The van der Waals surface area contributed by atoms with Gasteiger partial charge < -0.3 is 104 Å². The van der Waals surface area contributed by atoms with Gasteiger partial charge in [0.05, 0.1) is 36.8 Å². The molecule has 9 N–H and O–H groups in total. The second-order valence-electron chi connectivity index (χ2n) is 14.0. The van der Waals surface area contributed by atoms with Crippen molar-refractivity contribution < 1.29 is 167 Å². The van der Waals surface area contributed by atoms with Crippen LogP contribution in [0.5, 0.6) is 0 Å². The third-order valence-corrected chi connectivity index (χ3v) is 9.82. The Hall–Kier alpha value is -1.21. The third kappa shape index (κ3) is 13.2. The van der Waals surface area contributed by atoms with Crippen LogP contribution >= 0.6 is 0 Å².